The van der Waals surface area contributed by atoms with Crippen LogP contribution < -0.4 is 10.0 Å². The van der Waals surface area contributed by atoms with Crippen LogP contribution in [-0.2, 0) is 16.6 Å². The minimum Gasteiger partial charge on any atom is -0.313 e. The maximum Gasteiger partial charge on any atom is 0.264 e. The molecule has 0 spiro atoms. The molecule has 2 rings (SSSR count). The lowest BCUT2D eigenvalue weighted by molar-refractivity contribution is 0.589. The van der Waals surface area contributed by atoms with Gasteiger partial charge in [-0.15, -0.1) is 10.2 Å². The zero-order valence-corrected chi connectivity index (χ0v) is 13.0. The van der Waals surface area contributed by atoms with Crippen LogP contribution in [0.1, 0.15) is 18.9 Å². The van der Waals surface area contributed by atoms with E-state index in [-0.39, 0.29) is 10.0 Å². The van der Waals surface area contributed by atoms with Crippen molar-refractivity contribution in [3.63, 3.8) is 0 Å². The SMILES string of the molecule is CCCNCc1ccc(F)cc1S(=O)(=O)Nc1nncs1. The quantitative estimate of drug-likeness (QED) is 0.758. The molecule has 0 amide bonds. The van der Waals surface area contributed by atoms with Gasteiger partial charge < -0.3 is 5.32 Å². The molecule has 9 heteroatoms. The molecule has 0 saturated heterocycles. The average molecular weight is 330 g/mol. The molecule has 2 aromatic rings. The number of sulfonamides is 1. The van der Waals surface area contributed by atoms with Gasteiger partial charge in [-0.2, -0.15) is 0 Å². The van der Waals surface area contributed by atoms with Gasteiger partial charge in [0.2, 0.25) is 5.13 Å². The van der Waals surface area contributed by atoms with Gasteiger partial charge >= 0.3 is 0 Å². The van der Waals surface area contributed by atoms with E-state index in [1.165, 1.54) is 17.6 Å². The second kappa shape index (κ2) is 6.92. The van der Waals surface area contributed by atoms with Crippen molar-refractivity contribution >= 4 is 26.5 Å². The van der Waals surface area contributed by atoms with Gasteiger partial charge in [-0.25, -0.2) is 12.8 Å². The number of aromatic nitrogens is 2. The monoisotopic (exact) mass is 330 g/mol. The van der Waals surface area contributed by atoms with Gasteiger partial charge in [0, 0.05) is 6.54 Å². The summed E-state index contributed by atoms with van der Waals surface area (Å²) in [5.41, 5.74) is 1.91. The number of nitrogens with zero attached hydrogens (tertiary/aromatic N) is 2. The van der Waals surface area contributed by atoms with Crippen LogP contribution in [0.15, 0.2) is 28.6 Å². The van der Waals surface area contributed by atoms with Gasteiger partial charge in [0.1, 0.15) is 11.3 Å². The molecule has 0 aliphatic rings. The number of benzene rings is 1. The summed E-state index contributed by atoms with van der Waals surface area (Å²) in [5.74, 6) is -0.605. The Bertz CT molecular complexity index is 689. The van der Waals surface area contributed by atoms with Gasteiger partial charge in [-0.1, -0.05) is 24.3 Å². The van der Waals surface area contributed by atoms with Gasteiger partial charge in [0.25, 0.3) is 10.0 Å². The topological polar surface area (TPSA) is 84.0 Å². The summed E-state index contributed by atoms with van der Waals surface area (Å²) in [6.45, 7) is 3.10. The highest BCUT2D eigenvalue weighted by Crippen LogP contribution is 2.21. The molecule has 0 saturated carbocycles. The number of hydrogen-bond donors (Lipinski definition) is 2. The van der Waals surface area contributed by atoms with Crippen LogP contribution in [0.25, 0.3) is 0 Å². The second-order valence-corrected chi connectivity index (χ2v) is 6.76. The van der Waals surface area contributed by atoms with Gasteiger partial charge in [-0.3, -0.25) is 4.72 Å². The minimum atomic E-state index is -3.90. The van der Waals surface area contributed by atoms with E-state index in [2.05, 4.69) is 20.2 Å². The lowest BCUT2D eigenvalue weighted by Crippen LogP contribution is -2.20. The number of halogens is 1. The van der Waals surface area contributed by atoms with Crippen LogP contribution in [0.4, 0.5) is 9.52 Å². The summed E-state index contributed by atoms with van der Waals surface area (Å²) >= 11 is 1.05. The number of anilines is 1. The van der Waals surface area contributed by atoms with Gasteiger partial charge in [0.05, 0.1) is 4.90 Å². The van der Waals surface area contributed by atoms with Crippen LogP contribution in [0.5, 0.6) is 0 Å². The van der Waals surface area contributed by atoms with E-state index < -0.39 is 15.8 Å². The lowest BCUT2D eigenvalue weighted by atomic mass is 10.2. The average Bonchev–Trinajstić information content (AvgIpc) is 2.92. The Hall–Kier alpha value is -1.58. The molecule has 1 aromatic heterocycles. The summed E-state index contributed by atoms with van der Waals surface area (Å²) in [6.07, 6.45) is 0.923. The van der Waals surface area contributed by atoms with Crippen LogP contribution in [0, 0.1) is 5.82 Å². The van der Waals surface area contributed by atoms with Crippen LogP contribution >= 0.6 is 11.3 Å². The Labute approximate surface area is 126 Å². The predicted octanol–water partition coefficient (Wildman–Crippen LogP) is 1.98. The van der Waals surface area contributed by atoms with Gasteiger partial charge in [-0.05, 0) is 30.7 Å². The molecule has 0 bridgehead atoms. The van der Waals surface area contributed by atoms with E-state index in [9.17, 15) is 12.8 Å². The molecule has 0 aliphatic carbocycles. The van der Waals surface area contributed by atoms with E-state index in [4.69, 9.17) is 0 Å². The fraction of sp³-hybridized carbons (Fsp3) is 0.333. The molecule has 2 N–H and O–H groups in total. The number of rotatable bonds is 7. The maximum atomic E-state index is 13.4. The first kappa shape index (κ1) is 15.8. The van der Waals surface area contributed by atoms with E-state index >= 15 is 0 Å². The van der Waals surface area contributed by atoms with Gasteiger partial charge in [0.15, 0.2) is 0 Å². The van der Waals surface area contributed by atoms with E-state index in [1.54, 1.807) is 0 Å². The standard InChI is InChI=1S/C12H15FN4O2S2/c1-2-5-14-7-9-3-4-10(13)6-11(9)21(18,19)17-12-16-15-8-20-12/h3-4,6,8,14H,2,5,7H2,1H3,(H,16,17). The lowest BCUT2D eigenvalue weighted by Gasteiger charge is -2.11. The largest absolute Gasteiger partial charge is 0.313 e. The van der Waals surface area contributed by atoms with Crippen molar-refractivity contribution in [1.82, 2.24) is 15.5 Å². The molecule has 6 nitrogen and oxygen atoms in total. The first-order chi connectivity index (χ1) is 10.0. The number of nitrogens with one attached hydrogen (secondary N) is 2. The smallest absolute Gasteiger partial charge is 0.264 e. The third kappa shape index (κ3) is 4.19. The summed E-state index contributed by atoms with van der Waals surface area (Å²) < 4.78 is 40.4. The summed E-state index contributed by atoms with van der Waals surface area (Å²) in [5, 5.41) is 10.4. The van der Waals surface area contributed by atoms with Crippen molar-refractivity contribution in [1.29, 1.82) is 0 Å². The summed E-state index contributed by atoms with van der Waals surface area (Å²) in [4.78, 5) is -0.0960. The zero-order valence-electron chi connectivity index (χ0n) is 11.3. The maximum absolute atomic E-state index is 13.4. The van der Waals surface area contributed by atoms with Crippen LogP contribution in [-0.4, -0.2) is 25.2 Å². The molecule has 114 valence electrons. The summed E-state index contributed by atoms with van der Waals surface area (Å²) in [6, 6.07) is 3.71. The third-order valence-corrected chi connectivity index (χ3v) is 4.80. The van der Waals surface area contributed by atoms with Crippen molar-refractivity contribution in [3.8, 4) is 0 Å². The van der Waals surface area contributed by atoms with Crippen molar-refractivity contribution in [2.45, 2.75) is 24.8 Å². The Morgan fingerprint density at radius 3 is 2.86 bits per heavy atom. The van der Waals surface area contributed by atoms with Crippen molar-refractivity contribution in [2.75, 3.05) is 11.3 Å². The van der Waals surface area contributed by atoms with E-state index in [0.717, 1.165) is 30.4 Å². The normalized spacial score (nSPS) is 11.5. The first-order valence-electron chi connectivity index (χ1n) is 6.31. The summed E-state index contributed by atoms with van der Waals surface area (Å²) in [7, 11) is -3.90. The fourth-order valence-corrected chi connectivity index (χ4v) is 3.66. The molecule has 0 radical (unpaired) electrons. The molecule has 1 aromatic carbocycles. The van der Waals surface area contributed by atoms with Crippen molar-refractivity contribution < 1.29 is 12.8 Å². The Kier molecular flexibility index (Phi) is 5.21. The molecule has 21 heavy (non-hydrogen) atoms. The van der Waals surface area contributed by atoms with Crippen LogP contribution in [0.2, 0.25) is 0 Å². The second-order valence-electron chi connectivity index (χ2n) is 4.28. The third-order valence-electron chi connectivity index (χ3n) is 2.64. The predicted molar refractivity (Wildman–Crippen MR) is 79.1 cm³/mol. The minimum absolute atomic E-state index is 0.0960. The Morgan fingerprint density at radius 2 is 2.19 bits per heavy atom. The fourth-order valence-electron chi connectivity index (χ4n) is 1.71. The Balaban J connectivity index is 2.29. The zero-order chi connectivity index (χ0) is 15.3. The molecular formula is C12H15FN4O2S2. The highest BCUT2D eigenvalue weighted by Gasteiger charge is 2.20. The van der Waals surface area contributed by atoms with E-state index in [1.807, 2.05) is 6.92 Å². The molecule has 0 aliphatic heterocycles. The first-order valence-corrected chi connectivity index (χ1v) is 8.67. The van der Waals surface area contributed by atoms with Crippen molar-refractivity contribution in [3.05, 3.63) is 35.1 Å². The number of hydrogen-bond acceptors (Lipinski definition) is 6. The van der Waals surface area contributed by atoms with E-state index in [0.29, 0.717) is 12.1 Å². The highest BCUT2D eigenvalue weighted by molar-refractivity contribution is 7.93. The Morgan fingerprint density at radius 1 is 1.38 bits per heavy atom. The molecule has 1 heterocycles. The highest BCUT2D eigenvalue weighted by atomic mass is 32.2. The molecule has 0 atom stereocenters. The molecule has 0 fully saturated rings. The van der Waals surface area contributed by atoms with Crippen molar-refractivity contribution in [2.24, 2.45) is 0 Å². The molecule has 0 unspecified atom stereocenters. The molecular weight excluding hydrogens is 315 g/mol. The van der Waals surface area contributed by atoms with Crippen LogP contribution in [0.3, 0.4) is 0 Å².